The lowest BCUT2D eigenvalue weighted by atomic mass is 9.90. The predicted octanol–water partition coefficient (Wildman–Crippen LogP) is 1.98. The minimum absolute atomic E-state index is 0.127. The van der Waals surface area contributed by atoms with Crippen LogP contribution in [0.15, 0.2) is 24.1 Å². The summed E-state index contributed by atoms with van der Waals surface area (Å²) in [5.74, 6) is 0.263. The van der Waals surface area contributed by atoms with Gasteiger partial charge in [0.2, 0.25) is 11.8 Å². The zero-order valence-electron chi connectivity index (χ0n) is 17.2. The molecule has 0 bridgehead atoms. The highest BCUT2D eigenvalue weighted by Gasteiger charge is 2.41. The number of nitrogens with zero attached hydrogens (tertiary/aromatic N) is 5. The molecule has 2 aliphatic heterocycles. The number of aryl methyl sites for hydroxylation is 2. The van der Waals surface area contributed by atoms with E-state index in [1.54, 1.807) is 29.9 Å². The maximum atomic E-state index is 12.6. The van der Waals surface area contributed by atoms with Gasteiger partial charge in [-0.2, -0.15) is 0 Å². The van der Waals surface area contributed by atoms with Gasteiger partial charge >= 0.3 is 0 Å². The Kier molecular flexibility index (Phi) is 6.38. The number of hydrogen-bond acceptors (Lipinski definition) is 7. The minimum Gasteiger partial charge on any atom is -0.372 e. The fourth-order valence-electron chi connectivity index (χ4n) is 4.11. The summed E-state index contributed by atoms with van der Waals surface area (Å²) >= 11 is 1.59. The molecule has 2 aromatic rings. The molecule has 8 nitrogen and oxygen atoms in total. The van der Waals surface area contributed by atoms with Crippen LogP contribution in [0.25, 0.3) is 0 Å². The van der Waals surface area contributed by atoms with Crippen molar-refractivity contribution in [3.8, 4) is 0 Å². The summed E-state index contributed by atoms with van der Waals surface area (Å²) in [6, 6.07) is 0. The third-order valence-corrected chi connectivity index (χ3v) is 6.89. The summed E-state index contributed by atoms with van der Waals surface area (Å²) in [7, 11) is 0. The highest BCUT2D eigenvalue weighted by atomic mass is 32.1. The second-order valence-electron chi connectivity index (χ2n) is 7.97. The van der Waals surface area contributed by atoms with Gasteiger partial charge in [-0.3, -0.25) is 19.6 Å². The van der Waals surface area contributed by atoms with Crippen molar-refractivity contribution in [1.82, 2.24) is 24.8 Å². The maximum Gasteiger partial charge on any atom is 0.225 e. The molecular weight excluding hydrogens is 402 g/mol. The van der Waals surface area contributed by atoms with Crippen molar-refractivity contribution in [3.05, 3.63) is 40.4 Å². The fourth-order valence-corrected chi connectivity index (χ4v) is 4.90. The van der Waals surface area contributed by atoms with Crippen LogP contribution in [0.4, 0.5) is 0 Å². The standard InChI is InChI=1S/C21H27N5O3S/c1-16-18(30-15-24-16)13-26-14-21(29-11-4-20(26)28)5-9-25(10-6-21)19(27)3-2-17-12-22-7-8-23-17/h7-8,12,15H,2-6,9-11,13-14H2,1H3. The summed E-state index contributed by atoms with van der Waals surface area (Å²) in [5.41, 5.74) is 3.27. The SMILES string of the molecule is Cc1ncsc1CN1CC2(CCN(C(=O)CCc3cnccn3)CC2)OCCC1=O. The summed E-state index contributed by atoms with van der Waals surface area (Å²) in [6.07, 6.45) is 7.91. The number of ether oxygens (including phenoxy) is 1. The molecule has 2 saturated heterocycles. The van der Waals surface area contributed by atoms with Gasteiger partial charge in [0.15, 0.2) is 0 Å². The highest BCUT2D eigenvalue weighted by molar-refractivity contribution is 7.09. The molecule has 0 radical (unpaired) electrons. The molecule has 2 amide bonds. The van der Waals surface area contributed by atoms with Gasteiger partial charge in [0.05, 0.1) is 48.6 Å². The third-order valence-electron chi connectivity index (χ3n) is 5.97. The normalized spacial score (nSPS) is 19.2. The average molecular weight is 430 g/mol. The molecule has 4 heterocycles. The Morgan fingerprint density at radius 2 is 2.10 bits per heavy atom. The van der Waals surface area contributed by atoms with E-state index >= 15 is 0 Å². The van der Waals surface area contributed by atoms with Crippen molar-refractivity contribution < 1.29 is 14.3 Å². The summed E-state index contributed by atoms with van der Waals surface area (Å²) < 4.78 is 6.21. The van der Waals surface area contributed by atoms with Crippen LogP contribution in [-0.4, -0.2) is 68.4 Å². The first kappa shape index (κ1) is 20.9. The van der Waals surface area contributed by atoms with E-state index in [9.17, 15) is 9.59 Å². The van der Waals surface area contributed by atoms with Gasteiger partial charge in [0.1, 0.15) is 0 Å². The molecule has 2 aromatic heterocycles. The Morgan fingerprint density at radius 1 is 1.27 bits per heavy atom. The van der Waals surface area contributed by atoms with Gasteiger partial charge in [-0.1, -0.05) is 0 Å². The molecule has 2 fully saturated rings. The smallest absolute Gasteiger partial charge is 0.225 e. The van der Waals surface area contributed by atoms with Gasteiger partial charge in [-0.05, 0) is 26.2 Å². The van der Waals surface area contributed by atoms with Gasteiger partial charge in [0, 0.05) is 43.0 Å². The molecule has 0 aromatic carbocycles. The van der Waals surface area contributed by atoms with E-state index in [1.807, 2.05) is 22.2 Å². The largest absolute Gasteiger partial charge is 0.372 e. The first-order chi connectivity index (χ1) is 14.5. The summed E-state index contributed by atoms with van der Waals surface area (Å²) in [5, 5.41) is 0. The van der Waals surface area contributed by atoms with Crippen LogP contribution in [0.2, 0.25) is 0 Å². The van der Waals surface area contributed by atoms with Crippen LogP contribution in [0.1, 0.15) is 41.9 Å². The lowest BCUT2D eigenvalue weighted by Gasteiger charge is -2.42. The molecule has 160 valence electrons. The number of piperidine rings is 1. The van der Waals surface area contributed by atoms with E-state index in [0.717, 1.165) is 29.1 Å². The van der Waals surface area contributed by atoms with Crippen molar-refractivity contribution >= 4 is 23.2 Å². The lowest BCUT2D eigenvalue weighted by Crippen LogP contribution is -2.53. The molecule has 4 rings (SSSR count). The van der Waals surface area contributed by atoms with Crippen molar-refractivity contribution in [1.29, 1.82) is 0 Å². The Bertz CT molecular complexity index is 880. The second kappa shape index (κ2) is 9.18. The molecule has 0 atom stereocenters. The number of amides is 2. The molecule has 0 aliphatic carbocycles. The molecule has 0 unspecified atom stereocenters. The van der Waals surface area contributed by atoms with Crippen LogP contribution in [0.5, 0.6) is 0 Å². The molecule has 1 spiro atoms. The van der Waals surface area contributed by atoms with Crippen LogP contribution < -0.4 is 0 Å². The maximum absolute atomic E-state index is 12.6. The van der Waals surface area contributed by atoms with E-state index < -0.39 is 0 Å². The monoisotopic (exact) mass is 429 g/mol. The van der Waals surface area contributed by atoms with E-state index in [0.29, 0.717) is 52.0 Å². The lowest BCUT2D eigenvalue weighted by molar-refractivity contribution is -0.140. The number of aromatic nitrogens is 3. The molecule has 0 N–H and O–H groups in total. The Balaban J connectivity index is 1.34. The van der Waals surface area contributed by atoms with Crippen molar-refractivity contribution in [2.24, 2.45) is 0 Å². The highest BCUT2D eigenvalue weighted by Crippen LogP contribution is 2.31. The first-order valence-corrected chi connectivity index (χ1v) is 11.3. The zero-order valence-corrected chi connectivity index (χ0v) is 18.1. The minimum atomic E-state index is -0.369. The number of carbonyl (C=O) groups excluding carboxylic acids is 2. The topological polar surface area (TPSA) is 88.5 Å². The fraction of sp³-hybridized carbons (Fsp3) is 0.571. The quantitative estimate of drug-likeness (QED) is 0.722. The Hall–Kier alpha value is -2.39. The van der Waals surface area contributed by atoms with E-state index in [-0.39, 0.29) is 17.4 Å². The van der Waals surface area contributed by atoms with Crippen LogP contribution in [0.3, 0.4) is 0 Å². The molecular formula is C21H27N5O3S. The van der Waals surface area contributed by atoms with Gasteiger partial charge in [-0.25, -0.2) is 4.98 Å². The van der Waals surface area contributed by atoms with Crippen LogP contribution in [0, 0.1) is 6.92 Å². The van der Waals surface area contributed by atoms with E-state index in [4.69, 9.17) is 4.74 Å². The number of likely N-dealkylation sites (tertiary alicyclic amines) is 1. The van der Waals surface area contributed by atoms with Gasteiger partial charge < -0.3 is 14.5 Å². The summed E-state index contributed by atoms with van der Waals surface area (Å²) in [6.45, 7) is 4.89. The Labute approximate surface area is 180 Å². The number of carbonyl (C=O) groups is 2. The Morgan fingerprint density at radius 3 is 2.80 bits per heavy atom. The molecule has 30 heavy (non-hydrogen) atoms. The van der Waals surface area contributed by atoms with Gasteiger partial charge in [-0.15, -0.1) is 11.3 Å². The van der Waals surface area contributed by atoms with Crippen molar-refractivity contribution in [2.45, 2.75) is 51.2 Å². The average Bonchev–Trinajstić information content (AvgIpc) is 3.10. The van der Waals surface area contributed by atoms with Crippen LogP contribution >= 0.6 is 11.3 Å². The van der Waals surface area contributed by atoms with Crippen molar-refractivity contribution in [3.63, 3.8) is 0 Å². The molecule has 0 saturated carbocycles. The second-order valence-corrected chi connectivity index (χ2v) is 8.91. The predicted molar refractivity (Wildman–Crippen MR) is 112 cm³/mol. The zero-order chi connectivity index (χ0) is 21.0. The molecule has 9 heteroatoms. The van der Waals surface area contributed by atoms with Gasteiger partial charge in [0.25, 0.3) is 0 Å². The first-order valence-electron chi connectivity index (χ1n) is 10.4. The van der Waals surface area contributed by atoms with Crippen LogP contribution in [-0.2, 0) is 27.3 Å². The summed E-state index contributed by atoms with van der Waals surface area (Å²) in [4.78, 5) is 42.8. The van der Waals surface area contributed by atoms with E-state index in [1.165, 1.54) is 0 Å². The number of hydrogen-bond donors (Lipinski definition) is 0. The number of rotatable bonds is 5. The third kappa shape index (κ3) is 4.84. The van der Waals surface area contributed by atoms with E-state index in [2.05, 4.69) is 15.0 Å². The van der Waals surface area contributed by atoms with Crippen molar-refractivity contribution in [2.75, 3.05) is 26.2 Å². The molecule has 2 aliphatic rings. The number of thiazole rings is 1.